The first-order valence-corrected chi connectivity index (χ1v) is 11.8. The number of fused-ring (bicyclic) bond motifs is 1. The van der Waals surface area contributed by atoms with Crippen LogP contribution in [-0.4, -0.2) is 59.9 Å². The summed E-state index contributed by atoms with van der Waals surface area (Å²) in [7, 11) is 0. The van der Waals surface area contributed by atoms with E-state index in [1.54, 1.807) is 17.0 Å². The van der Waals surface area contributed by atoms with Gasteiger partial charge in [0.1, 0.15) is 18.4 Å². The Morgan fingerprint density at radius 3 is 2.59 bits per heavy atom. The van der Waals surface area contributed by atoms with Gasteiger partial charge in [0.15, 0.2) is 0 Å². The van der Waals surface area contributed by atoms with Crippen molar-refractivity contribution >= 4 is 17.7 Å². The van der Waals surface area contributed by atoms with Gasteiger partial charge in [0.2, 0.25) is 11.8 Å². The molecule has 0 saturated carbocycles. The first-order valence-electron chi connectivity index (χ1n) is 11.8. The summed E-state index contributed by atoms with van der Waals surface area (Å²) in [5.41, 5.74) is 3.64. The molecule has 178 valence electrons. The van der Waals surface area contributed by atoms with Gasteiger partial charge < -0.3 is 14.4 Å². The summed E-state index contributed by atoms with van der Waals surface area (Å²) in [4.78, 5) is 40.7. The lowest BCUT2D eigenvalue weighted by Gasteiger charge is -2.32. The van der Waals surface area contributed by atoms with E-state index in [0.29, 0.717) is 36.9 Å². The number of carbonyl (C=O) groups is 3. The number of piperidine rings is 1. The van der Waals surface area contributed by atoms with E-state index in [1.165, 1.54) is 5.56 Å². The second-order valence-electron chi connectivity index (χ2n) is 9.04. The quantitative estimate of drug-likeness (QED) is 0.662. The van der Waals surface area contributed by atoms with Crippen molar-refractivity contribution in [2.45, 2.75) is 45.0 Å². The molecule has 2 aromatic rings. The minimum atomic E-state index is -0.633. The Hall–Kier alpha value is -3.23. The maximum absolute atomic E-state index is 13.0. The molecule has 5 rings (SSSR count). The Balaban J connectivity index is 1.24. The number of benzene rings is 2. The number of nitrogens with one attached hydrogen (secondary N) is 1. The Bertz CT molecular complexity index is 1090. The van der Waals surface area contributed by atoms with E-state index in [2.05, 4.69) is 41.4 Å². The Labute approximate surface area is 198 Å². The maximum atomic E-state index is 13.0. The fourth-order valence-electron chi connectivity index (χ4n) is 4.92. The van der Waals surface area contributed by atoms with Crippen LogP contribution in [0.1, 0.15) is 52.9 Å². The second-order valence-corrected chi connectivity index (χ2v) is 9.04. The van der Waals surface area contributed by atoms with Gasteiger partial charge in [0, 0.05) is 36.7 Å². The first-order chi connectivity index (χ1) is 16.5. The molecule has 0 aliphatic carbocycles. The molecule has 2 atom stereocenters. The van der Waals surface area contributed by atoms with Crippen molar-refractivity contribution in [2.24, 2.45) is 0 Å². The monoisotopic (exact) mass is 463 g/mol. The fraction of sp³-hybridized carbons (Fsp3) is 0.423. The molecule has 3 heterocycles. The summed E-state index contributed by atoms with van der Waals surface area (Å²) in [5.74, 6) is -0.256. The molecule has 3 amide bonds. The molecule has 3 aliphatic rings. The summed E-state index contributed by atoms with van der Waals surface area (Å²) >= 11 is 0. The average molecular weight is 464 g/mol. The highest BCUT2D eigenvalue weighted by Gasteiger charge is 2.40. The van der Waals surface area contributed by atoms with Gasteiger partial charge in [-0.1, -0.05) is 30.3 Å². The van der Waals surface area contributed by atoms with E-state index >= 15 is 0 Å². The second kappa shape index (κ2) is 9.56. The molecule has 0 bridgehead atoms. The third-order valence-corrected chi connectivity index (χ3v) is 6.99. The predicted molar refractivity (Wildman–Crippen MR) is 124 cm³/mol. The number of amides is 3. The molecule has 8 nitrogen and oxygen atoms in total. The van der Waals surface area contributed by atoms with Crippen LogP contribution in [0.4, 0.5) is 0 Å². The number of nitrogens with zero attached hydrogens (tertiary/aromatic N) is 2. The SMILES string of the molecule is CC(c1ccc(COc2cccc3c2CN(C2CCC(=O)NC2=O)C3=O)cc1)N1CCOCC1. The van der Waals surface area contributed by atoms with Gasteiger partial charge >= 0.3 is 0 Å². The van der Waals surface area contributed by atoms with Gasteiger partial charge in [-0.05, 0) is 36.6 Å². The lowest BCUT2D eigenvalue weighted by atomic mass is 10.0. The van der Waals surface area contributed by atoms with Crippen LogP contribution in [0.2, 0.25) is 0 Å². The Kier molecular flexibility index (Phi) is 6.34. The fourth-order valence-corrected chi connectivity index (χ4v) is 4.92. The molecule has 1 N–H and O–H groups in total. The van der Waals surface area contributed by atoms with Crippen molar-refractivity contribution in [3.8, 4) is 5.75 Å². The number of rotatable bonds is 6. The molecule has 2 unspecified atom stereocenters. The number of imide groups is 1. The Morgan fingerprint density at radius 1 is 1.09 bits per heavy atom. The average Bonchev–Trinajstić information content (AvgIpc) is 3.20. The number of hydrogen-bond donors (Lipinski definition) is 1. The molecule has 2 fully saturated rings. The van der Waals surface area contributed by atoms with Crippen LogP contribution >= 0.6 is 0 Å². The zero-order chi connectivity index (χ0) is 23.7. The predicted octanol–water partition coefficient (Wildman–Crippen LogP) is 2.42. The molecular formula is C26H29N3O5. The van der Waals surface area contributed by atoms with Crippen LogP contribution in [0.15, 0.2) is 42.5 Å². The largest absolute Gasteiger partial charge is 0.489 e. The van der Waals surface area contributed by atoms with E-state index in [9.17, 15) is 14.4 Å². The van der Waals surface area contributed by atoms with Gasteiger partial charge in [-0.2, -0.15) is 0 Å². The highest BCUT2D eigenvalue weighted by molar-refractivity contribution is 6.05. The first kappa shape index (κ1) is 22.6. The molecule has 2 aromatic carbocycles. The van der Waals surface area contributed by atoms with E-state index in [0.717, 1.165) is 37.4 Å². The zero-order valence-corrected chi connectivity index (χ0v) is 19.3. The number of carbonyl (C=O) groups excluding carboxylic acids is 3. The van der Waals surface area contributed by atoms with E-state index in [-0.39, 0.29) is 18.2 Å². The van der Waals surface area contributed by atoms with E-state index < -0.39 is 11.9 Å². The van der Waals surface area contributed by atoms with Gasteiger partial charge in [-0.3, -0.25) is 24.6 Å². The minimum Gasteiger partial charge on any atom is -0.489 e. The third kappa shape index (κ3) is 4.43. The number of morpholine rings is 1. The lowest BCUT2D eigenvalue weighted by Crippen LogP contribution is -2.52. The number of ether oxygens (including phenoxy) is 2. The summed E-state index contributed by atoms with van der Waals surface area (Å²) in [5, 5.41) is 2.34. The van der Waals surface area contributed by atoms with Gasteiger partial charge in [-0.15, -0.1) is 0 Å². The smallest absolute Gasteiger partial charge is 0.255 e. The highest BCUT2D eigenvalue weighted by atomic mass is 16.5. The molecule has 0 spiro atoms. The molecule has 34 heavy (non-hydrogen) atoms. The molecule has 0 radical (unpaired) electrons. The maximum Gasteiger partial charge on any atom is 0.255 e. The summed E-state index contributed by atoms with van der Waals surface area (Å²) in [6.45, 7) is 6.35. The summed E-state index contributed by atoms with van der Waals surface area (Å²) in [6.07, 6.45) is 0.579. The van der Waals surface area contributed by atoms with Crippen LogP contribution in [0.3, 0.4) is 0 Å². The molecule has 2 saturated heterocycles. The van der Waals surface area contributed by atoms with Gasteiger partial charge in [0.05, 0.1) is 19.8 Å². The Morgan fingerprint density at radius 2 is 1.85 bits per heavy atom. The lowest BCUT2D eigenvalue weighted by molar-refractivity contribution is -0.136. The van der Waals surface area contributed by atoms with Gasteiger partial charge in [-0.25, -0.2) is 0 Å². The normalized spacial score (nSPS) is 21.9. The number of hydrogen-bond acceptors (Lipinski definition) is 6. The summed E-state index contributed by atoms with van der Waals surface area (Å²) < 4.78 is 11.6. The van der Waals surface area contributed by atoms with Crippen LogP contribution in [0, 0.1) is 0 Å². The van der Waals surface area contributed by atoms with Gasteiger partial charge in [0.25, 0.3) is 5.91 Å². The van der Waals surface area contributed by atoms with E-state index in [4.69, 9.17) is 9.47 Å². The zero-order valence-electron chi connectivity index (χ0n) is 19.3. The van der Waals surface area contributed by atoms with Crippen molar-refractivity contribution in [2.75, 3.05) is 26.3 Å². The standard InChI is InChI=1S/C26H29N3O5/c1-17(28-11-13-33-14-12-28)19-7-5-18(6-8-19)16-34-23-4-2-3-20-21(23)15-29(26(20)32)22-9-10-24(30)27-25(22)31/h2-8,17,22H,9-16H2,1H3,(H,27,30,31). The molecule has 0 aromatic heterocycles. The van der Waals surface area contributed by atoms with Crippen molar-refractivity contribution in [1.29, 1.82) is 0 Å². The molecular weight excluding hydrogens is 434 g/mol. The molecule has 8 heteroatoms. The highest BCUT2D eigenvalue weighted by Crippen LogP contribution is 2.34. The third-order valence-electron chi connectivity index (χ3n) is 6.99. The minimum absolute atomic E-state index is 0.198. The van der Waals surface area contributed by atoms with Crippen LogP contribution in [0.5, 0.6) is 5.75 Å². The van der Waals surface area contributed by atoms with E-state index in [1.807, 2.05) is 6.07 Å². The van der Waals surface area contributed by atoms with Crippen molar-refractivity contribution in [3.63, 3.8) is 0 Å². The van der Waals surface area contributed by atoms with Crippen LogP contribution in [0.25, 0.3) is 0 Å². The summed E-state index contributed by atoms with van der Waals surface area (Å²) in [6, 6.07) is 13.6. The topological polar surface area (TPSA) is 88.2 Å². The van der Waals surface area contributed by atoms with Crippen LogP contribution < -0.4 is 10.1 Å². The van der Waals surface area contributed by atoms with Crippen molar-refractivity contribution in [1.82, 2.24) is 15.1 Å². The van der Waals surface area contributed by atoms with Crippen LogP contribution in [-0.2, 0) is 27.5 Å². The molecule has 3 aliphatic heterocycles. The van der Waals surface area contributed by atoms with Crippen molar-refractivity contribution in [3.05, 3.63) is 64.7 Å². The van der Waals surface area contributed by atoms with Crippen molar-refractivity contribution < 1.29 is 23.9 Å².